The van der Waals surface area contributed by atoms with Crippen molar-refractivity contribution in [1.29, 1.82) is 0 Å². The minimum atomic E-state index is -4.41. The zero-order valence-corrected chi connectivity index (χ0v) is 20.2. The Labute approximate surface area is 200 Å². The predicted molar refractivity (Wildman–Crippen MR) is 138 cm³/mol. The number of hydrogen-bond acceptors (Lipinski definition) is 4. The van der Waals surface area contributed by atoms with E-state index in [1.54, 1.807) is 0 Å². The number of hydrogen-bond donors (Lipinski definition) is 1. The predicted octanol–water partition coefficient (Wildman–Crippen LogP) is 3.82. The summed E-state index contributed by atoms with van der Waals surface area (Å²) in [6, 6.07) is 36.1. The molecule has 4 aromatic carbocycles. The van der Waals surface area contributed by atoms with Crippen LogP contribution in [0, 0.1) is 0 Å². The SMILES string of the molecule is O=C(OCC[PH](c1ccccc1)(c1ccccc1)c1ccccc1)c1cccc(S(=O)(=O)O)c1. The van der Waals surface area contributed by atoms with Crippen LogP contribution >= 0.6 is 7.26 Å². The van der Waals surface area contributed by atoms with Crippen LogP contribution in [0.15, 0.2) is 120 Å². The molecule has 174 valence electrons. The molecule has 5 nitrogen and oxygen atoms in total. The summed E-state index contributed by atoms with van der Waals surface area (Å²) in [5.74, 6) is -0.636. The minimum absolute atomic E-state index is 0.0709. The molecule has 0 bridgehead atoms. The van der Waals surface area contributed by atoms with Gasteiger partial charge in [-0.1, -0.05) is 0 Å². The van der Waals surface area contributed by atoms with E-state index in [4.69, 9.17) is 4.74 Å². The van der Waals surface area contributed by atoms with Crippen LogP contribution < -0.4 is 15.9 Å². The fourth-order valence-electron chi connectivity index (χ4n) is 4.26. The Morgan fingerprint density at radius 3 is 1.62 bits per heavy atom. The van der Waals surface area contributed by atoms with Gasteiger partial charge in [0.25, 0.3) is 0 Å². The fourth-order valence-corrected chi connectivity index (χ4v) is 9.35. The summed E-state index contributed by atoms with van der Waals surface area (Å²) in [4.78, 5) is 12.4. The summed E-state index contributed by atoms with van der Waals surface area (Å²) in [5, 5.41) is 3.62. The van der Waals surface area contributed by atoms with Crippen LogP contribution in [-0.4, -0.2) is 31.7 Å². The van der Waals surface area contributed by atoms with E-state index in [2.05, 4.69) is 36.4 Å². The van der Waals surface area contributed by atoms with Gasteiger partial charge in [0.15, 0.2) is 0 Å². The molecule has 0 aromatic heterocycles. The first kappa shape index (κ1) is 23.8. The molecule has 0 saturated heterocycles. The molecule has 0 aliphatic carbocycles. The van der Waals surface area contributed by atoms with Gasteiger partial charge in [-0.25, -0.2) is 0 Å². The zero-order valence-electron chi connectivity index (χ0n) is 18.4. The maximum atomic E-state index is 12.7. The summed E-state index contributed by atoms with van der Waals surface area (Å²) in [5.41, 5.74) is 0.0709. The molecule has 4 rings (SSSR count). The van der Waals surface area contributed by atoms with Crippen LogP contribution in [0.5, 0.6) is 0 Å². The molecule has 0 fully saturated rings. The Hall–Kier alpha value is -3.31. The van der Waals surface area contributed by atoms with Gasteiger partial charge >= 0.3 is 200 Å². The molecule has 0 spiro atoms. The van der Waals surface area contributed by atoms with E-state index >= 15 is 0 Å². The van der Waals surface area contributed by atoms with Crippen molar-refractivity contribution in [1.82, 2.24) is 0 Å². The second-order valence-corrected chi connectivity index (χ2v) is 13.4. The average molecular weight is 493 g/mol. The second kappa shape index (κ2) is 10.3. The summed E-state index contributed by atoms with van der Waals surface area (Å²) in [6.45, 7) is 0.153. The van der Waals surface area contributed by atoms with Gasteiger partial charge in [0.05, 0.1) is 0 Å². The van der Waals surface area contributed by atoms with Crippen LogP contribution in [0.3, 0.4) is 0 Å². The van der Waals surface area contributed by atoms with Gasteiger partial charge in [0, 0.05) is 0 Å². The number of esters is 1. The molecular formula is C27H25O5PS. The fraction of sp³-hybridized carbons (Fsp3) is 0.0741. The summed E-state index contributed by atoms with van der Waals surface area (Å²) >= 11 is 0. The molecule has 0 amide bonds. The topological polar surface area (TPSA) is 80.7 Å². The molecule has 1 N–H and O–H groups in total. The van der Waals surface area contributed by atoms with Crippen molar-refractivity contribution in [3.8, 4) is 0 Å². The van der Waals surface area contributed by atoms with Crippen LogP contribution in [0.2, 0.25) is 0 Å². The van der Waals surface area contributed by atoms with E-state index in [1.807, 2.05) is 54.6 Å². The van der Waals surface area contributed by atoms with Gasteiger partial charge in [-0.3, -0.25) is 0 Å². The number of benzene rings is 4. The summed E-state index contributed by atoms with van der Waals surface area (Å²) < 4.78 is 37.8. The second-order valence-electron chi connectivity index (χ2n) is 7.89. The van der Waals surface area contributed by atoms with Crippen molar-refractivity contribution in [3.05, 3.63) is 121 Å². The van der Waals surface area contributed by atoms with E-state index in [0.717, 1.165) is 6.07 Å². The molecule has 34 heavy (non-hydrogen) atoms. The van der Waals surface area contributed by atoms with E-state index in [-0.39, 0.29) is 17.1 Å². The van der Waals surface area contributed by atoms with Crippen LogP contribution in [-0.2, 0) is 14.9 Å². The van der Waals surface area contributed by atoms with Crippen molar-refractivity contribution in [2.45, 2.75) is 4.90 Å². The number of ether oxygens (including phenoxy) is 1. The Morgan fingerprint density at radius 1 is 0.706 bits per heavy atom. The Balaban J connectivity index is 1.68. The Morgan fingerprint density at radius 2 is 1.18 bits per heavy atom. The molecular weight excluding hydrogens is 467 g/mol. The first-order valence-corrected chi connectivity index (χ1v) is 14.5. The van der Waals surface area contributed by atoms with E-state index in [1.165, 1.54) is 34.1 Å². The third-order valence-corrected chi connectivity index (χ3v) is 11.6. The van der Waals surface area contributed by atoms with Gasteiger partial charge in [-0.15, -0.1) is 0 Å². The zero-order chi connectivity index (χ0) is 24.0. The molecule has 4 aromatic rings. The monoisotopic (exact) mass is 492 g/mol. The standard InChI is InChI=1S/C27H25O5PS/c28-27(22-11-10-18-26(21-22)34(29,30)31)32-19-20-33(23-12-4-1-5-13-23,24-14-6-2-7-15-24)25-16-8-3-9-17-25/h1-18,21,33H,19-20H2,(H,29,30,31). The van der Waals surface area contributed by atoms with Gasteiger partial charge in [0.2, 0.25) is 0 Å². The van der Waals surface area contributed by atoms with Gasteiger partial charge in [-0.2, -0.15) is 0 Å². The van der Waals surface area contributed by atoms with Crippen molar-refractivity contribution in [2.75, 3.05) is 12.8 Å². The average Bonchev–Trinajstić information content (AvgIpc) is 2.88. The van der Waals surface area contributed by atoms with Crippen LogP contribution in [0.1, 0.15) is 10.4 Å². The van der Waals surface area contributed by atoms with E-state index < -0.39 is 23.3 Å². The number of rotatable bonds is 8. The van der Waals surface area contributed by atoms with Crippen molar-refractivity contribution < 1.29 is 22.5 Å². The molecule has 0 radical (unpaired) electrons. The normalized spacial score (nSPS) is 12.1. The first-order chi connectivity index (χ1) is 16.4. The van der Waals surface area contributed by atoms with Gasteiger partial charge in [-0.05, 0) is 0 Å². The van der Waals surface area contributed by atoms with E-state index in [0.29, 0.717) is 6.16 Å². The van der Waals surface area contributed by atoms with Crippen LogP contribution in [0.4, 0.5) is 0 Å². The van der Waals surface area contributed by atoms with Crippen LogP contribution in [0.25, 0.3) is 0 Å². The third kappa shape index (κ3) is 5.10. The van der Waals surface area contributed by atoms with Crippen molar-refractivity contribution >= 4 is 39.3 Å². The molecule has 0 aliphatic rings. The Kier molecular flexibility index (Phi) is 7.23. The molecule has 0 aliphatic heterocycles. The Bertz CT molecular complexity index is 1260. The molecule has 0 saturated carbocycles. The van der Waals surface area contributed by atoms with Gasteiger partial charge in [0.1, 0.15) is 0 Å². The number of carbonyl (C=O) groups excluding carboxylic acids is 1. The maximum absolute atomic E-state index is 12.7. The van der Waals surface area contributed by atoms with Gasteiger partial charge < -0.3 is 0 Å². The molecule has 7 heteroatoms. The third-order valence-electron chi connectivity index (χ3n) is 5.88. The van der Waals surface area contributed by atoms with Crippen molar-refractivity contribution in [2.24, 2.45) is 0 Å². The quantitative estimate of drug-likeness (QED) is 0.230. The number of carbonyl (C=O) groups is 1. The summed E-state index contributed by atoms with van der Waals surface area (Å²) in [6.07, 6.45) is 0.606. The van der Waals surface area contributed by atoms with Crippen molar-refractivity contribution in [3.63, 3.8) is 0 Å². The van der Waals surface area contributed by atoms with E-state index in [9.17, 15) is 17.8 Å². The summed E-state index contributed by atoms with van der Waals surface area (Å²) in [7, 11) is -6.96. The first-order valence-electron chi connectivity index (χ1n) is 10.8. The molecule has 0 heterocycles. The molecule has 0 unspecified atom stereocenters. The molecule has 0 atom stereocenters.